The number of amides is 3. The van der Waals surface area contributed by atoms with Crippen LogP contribution in [0.3, 0.4) is 0 Å². The van der Waals surface area contributed by atoms with E-state index in [0.717, 1.165) is 58.0 Å². The summed E-state index contributed by atoms with van der Waals surface area (Å²) >= 11 is 0. The van der Waals surface area contributed by atoms with Crippen molar-refractivity contribution < 1.29 is 9.59 Å². The smallest absolute Gasteiger partial charge is 0.317 e. The van der Waals surface area contributed by atoms with Crippen molar-refractivity contribution in [1.29, 1.82) is 0 Å². The molecule has 1 saturated carbocycles. The lowest BCUT2D eigenvalue weighted by atomic mass is 10.0. The van der Waals surface area contributed by atoms with Gasteiger partial charge in [0.15, 0.2) is 0 Å². The zero-order valence-corrected chi connectivity index (χ0v) is 12.5. The number of hydrogen-bond acceptors (Lipinski definition) is 2. The summed E-state index contributed by atoms with van der Waals surface area (Å²) in [5.41, 5.74) is 0. The fraction of sp³-hybridized carbons (Fsp3) is 0.867. The van der Waals surface area contributed by atoms with E-state index in [1.807, 2.05) is 11.8 Å². The van der Waals surface area contributed by atoms with Gasteiger partial charge in [0, 0.05) is 25.7 Å². The van der Waals surface area contributed by atoms with Crippen LogP contribution in [-0.2, 0) is 4.79 Å². The maximum atomic E-state index is 12.3. The van der Waals surface area contributed by atoms with E-state index < -0.39 is 0 Å². The zero-order valence-electron chi connectivity index (χ0n) is 12.5. The van der Waals surface area contributed by atoms with E-state index in [2.05, 4.69) is 10.6 Å². The minimum absolute atomic E-state index is 0.00329. The van der Waals surface area contributed by atoms with Crippen LogP contribution in [0.5, 0.6) is 0 Å². The van der Waals surface area contributed by atoms with Crippen LogP contribution in [0.4, 0.5) is 4.79 Å². The lowest BCUT2D eigenvalue weighted by molar-refractivity contribution is -0.126. The number of carbonyl (C=O) groups is 2. The molecule has 0 spiro atoms. The third-order valence-corrected chi connectivity index (χ3v) is 4.43. The average Bonchev–Trinajstić information content (AvgIpc) is 2.89. The van der Waals surface area contributed by atoms with Crippen LogP contribution in [0.2, 0.25) is 0 Å². The van der Waals surface area contributed by atoms with E-state index in [-0.39, 0.29) is 23.9 Å². The third kappa shape index (κ3) is 3.64. The Morgan fingerprint density at radius 1 is 1.25 bits per heavy atom. The van der Waals surface area contributed by atoms with Crippen LogP contribution in [-0.4, -0.2) is 42.5 Å². The van der Waals surface area contributed by atoms with Crippen molar-refractivity contribution in [2.45, 2.75) is 57.9 Å². The number of rotatable bonds is 1. The molecule has 1 aliphatic carbocycles. The van der Waals surface area contributed by atoms with Gasteiger partial charge >= 0.3 is 6.03 Å². The molecule has 5 nitrogen and oxygen atoms in total. The maximum Gasteiger partial charge on any atom is 0.317 e. The van der Waals surface area contributed by atoms with Crippen molar-refractivity contribution in [3.63, 3.8) is 0 Å². The van der Waals surface area contributed by atoms with E-state index in [1.54, 1.807) is 0 Å². The first-order valence-corrected chi connectivity index (χ1v) is 8.06. The Balaban J connectivity index is 2.12. The molecule has 0 aromatic heterocycles. The number of nitrogens with zero attached hydrogens (tertiary/aromatic N) is 1. The molecule has 2 N–H and O–H groups in total. The molecule has 0 radical (unpaired) electrons. The predicted molar refractivity (Wildman–Crippen MR) is 78.4 cm³/mol. The van der Waals surface area contributed by atoms with Gasteiger partial charge in [-0.3, -0.25) is 4.79 Å². The van der Waals surface area contributed by atoms with Crippen molar-refractivity contribution >= 4 is 11.9 Å². The molecule has 1 aliphatic heterocycles. The Labute approximate surface area is 121 Å². The van der Waals surface area contributed by atoms with Gasteiger partial charge in [-0.05, 0) is 32.6 Å². The van der Waals surface area contributed by atoms with E-state index in [4.69, 9.17) is 0 Å². The van der Waals surface area contributed by atoms with Gasteiger partial charge in [0.05, 0.1) is 5.92 Å². The van der Waals surface area contributed by atoms with E-state index in [1.165, 1.54) is 0 Å². The van der Waals surface area contributed by atoms with Crippen LogP contribution in [0.15, 0.2) is 0 Å². The zero-order chi connectivity index (χ0) is 14.4. The highest BCUT2D eigenvalue weighted by atomic mass is 16.2. The standard InChI is InChI=1S/C15H27N3O2/c1-2-16-15(20)18-11-6-4-3-5-10-17-14(19)12-8-7-9-13(12)18/h12-13H,2-11H2,1H3,(H,16,20)(H,17,19)/t12-,13+/m1/s1. The fourth-order valence-electron chi connectivity index (χ4n) is 3.39. The molecule has 0 bridgehead atoms. The molecule has 2 aliphatic rings. The second kappa shape index (κ2) is 7.50. The summed E-state index contributed by atoms with van der Waals surface area (Å²) in [4.78, 5) is 26.5. The molecule has 2 fully saturated rings. The Kier molecular flexibility index (Phi) is 5.68. The van der Waals surface area contributed by atoms with E-state index >= 15 is 0 Å². The maximum absolute atomic E-state index is 12.3. The van der Waals surface area contributed by atoms with E-state index in [0.29, 0.717) is 6.54 Å². The lowest BCUT2D eigenvalue weighted by Gasteiger charge is -2.32. The largest absolute Gasteiger partial charge is 0.356 e. The topological polar surface area (TPSA) is 61.4 Å². The van der Waals surface area contributed by atoms with Gasteiger partial charge in [0.25, 0.3) is 0 Å². The van der Waals surface area contributed by atoms with Crippen LogP contribution >= 0.6 is 0 Å². The second-order valence-electron chi connectivity index (χ2n) is 5.84. The van der Waals surface area contributed by atoms with Gasteiger partial charge in [-0.1, -0.05) is 19.3 Å². The Bertz CT molecular complexity index is 346. The molecule has 114 valence electrons. The van der Waals surface area contributed by atoms with Gasteiger partial charge in [-0.25, -0.2) is 4.79 Å². The number of carbonyl (C=O) groups excluding carboxylic acids is 2. The minimum Gasteiger partial charge on any atom is -0.356 e. The number of fused-ring (bicyclic) bond motifs is 1. The fourth-order valence-corrected chi connectivity index (χ4v) is 3.39. The average molecular weight is 281 g/mol. The van der Waals surface area contributed by atoms with Crippen molar-refractivity contribution in [2.75, 3.05) is 19.6 Å². The summed E-state index contributed by atoms with van der Waals surface area (Å²) in [5.74, 6) is 0.124. The quantitative estimate of drug-likeness (QED) is 0.771. The SMILES string of the molecule is CCNC(=O)N1CCCCCCNC(=O)[C@@H]2CCC[C@@H]21. The van der Waals surface area contributed by atoms with Crippen LogP contribution in [0, 0.1) is 5.92 Å². The minimum atomic E-state index is -0.0179. The van der Waals surface area contributed by atoms with Crippen LogP contribution in [0.1, 0.15) is 51.9 Å². The second-order valence-corrected chi connectivity index (χ2v) is 5.84. The Morgan fingerprint density at radius 2 is 2.05 bits per heavy atom. The van der Waals surface area contributed by atoms with Crippen molar-refractivity contribution in [2.24, 2.45) is 5.92 Å². The monoisotopic (exact) mass is 281 g/mol. The molecular formula is C15H27N3O2. The molecule has 1 saturated heterocycles. The lowest BCUT2D eigenvalue weighted by Crippen LogP contribution is -2.50. The highest BCUT2D eigenvalue weighted by molar-refractivity contribution is 5.81. The molecule has 1 heterocycles. The molecule has 20 heavy (non-hydrogen) atoms. The van der Waals surface area contributed by atoms with Crippen molar-refractivity contribution in [3.8, 4) is 0 Å². The summed E-state index contributed by atoms with van der Waals surface area (Å²) in [7, 11) is 0. The number of hydrogen-bond donors (Lipinski definition) is 2. The van der Waals surface area contributed by atoms with Gasteiger partial charge < -0.3 is 15.5 Å². The summed E-state index contributed by atoms with van der Waals surface area (Å²) in [6.45, 7) is 4.13. The van der Waals surface area contributed by atoms with Gasteiger partial charge in [0.2, 0.25) is 5.91 Å². The highest BCUT2D eigenvalue weighted by Crippen LogP contribution is 2.31. The number of urea groups is 1. The summed E-state index contributed by atoms with van der Waals surface area (Å²) in [6, 6.07) is 0.0797. The Hall–Kier alpha value is -1.26. The summed E-state index contributed by atoms with van der Waals surface area (Å²) in [6.07, 6.45) is 7.24. The first kappa shape index (κ1) is 15.1. The first-order chi connectivity index (χ1) is 9.74. The van der Waals surface area contributed by atoms with Gasteiger partial charge in [-0.15, -0.1) is 0 Å². The normalized spacial score (nSPS) is 28.2. The van der Waals surface area contributed by atoms with Crippen molar-refractivity contribution in [1.82, 2.24) is 15.5 Å². The molecule has 0 unspecified atom stereocenters. The molecule has 0 aromatic carbocycles. The molecule has 2 rings (SSSR count). The molecular weight excluding hydrogens is 254 g/mol. The summed E-state index contributed by atoms with van der Waals surface area (Å²) < 4.78 is 0. The van der Waals surface area contributed by atoms with Gasteiger partial charge in [-0.2, -0.15) is 0 Å². The molecule has 2 atom stereocenters. The van der Waals surface area contributed by atoms with Gasteiger partial charge in [0.1, 0.15) is 0 Å². The highest BCUT2D eigenvalue weighted by Gasteiger charge is 2.38. The molecule has 0 aromatic rings. The van der Waals surface area contributed by atoms with Crippen molar-refractivity contribution in [3.05, 3.63) is 0 Å². The van der Waals surface area contributed by atoms with E-state index in [9.17, 15) is 9.59 Å². The summed E-state index contributed by atoms with van der Waals surface area (Å²) in [5, 5.41) is 5.94. The van der Waals surface area contributed by atoms with Crippen LogP contribution < -0.4 is 10.6 Å². The van der Waals surface area contributed by atoms with Crippen LogP contribution in [0.25, 0.3) is 0 Å². The Morgan fingerprint density at radius 3 is 2.85 bits per heavy atom. The predicted octanol–water partition coefficient (Wildman–Crippen LogP) is 1.88. The molecule has 5 heteroatoms. The molecule has 3 amide bonds. The third-order valence-electron chi connectivity index (χ3n) is 4.43. The number of nitrogens with one attached hydrogen (secondary N) is 2. The first-order valence-electron chi connectivity index (χ1n) is 8.06.